The number of hydrogen-bond donors (Lipinski definition) is 2. The summed E-state index contributed by atoms with van der Waals surface area (Å²) in [5.74, 6) is -0.188. The van der Waals surface area contributed by atoms with Crippen molar-refractivity contribution in [2.24, 2.45) is 0 Å². The van der Waals surface area contributed by atoms with Crippen LogP contribution >= 0.6 is 0 Å². The summed E-state index contributed by atoms with van der Waals surface area (Å²) in [6.07, 6.45) is -4.74. The number of carbonyl (C=O) groups is 2. The lowest BCUT2D eigenvalue weighted by atomic mass is 10.1. The third kappa shape index (κ3) is 6.54. The summed E-state index contributed by atoms with van der Waals surface area (Å²) in [5, 5.41) is 11.0. The second kappa shape index (κ2) is 8.83. The minimum atomic E-state index is -4.74. The van der Waals surface area contributed by atoms with Gasteiger partial charge in [0.2, 0.25) is 5.91 Å². The zero-order chi connectivity index (χ0) is 20.0. The van der Waals surface area contributed by atoms with Crippen molar-refractivity contribution in [1.82, 2.24) is 10.2 Å². The molecule has 1 aromatic carbocycles. The number of rotatable bonds is 6. The topological polar surface area (TPSA) is 88.1 Å². The standard InChI is InChI=1S/C17H21F3N2O5/c1-2-14(21-16(24)25)15(23)22-9-7-12(8-10-22)26-11-3-5-13(6-4-11)27-17(18,19)20/h3-6,12,14,21H,2,7-10H2,1H3,(H,24,25)/t14-/m0/s1. The molecule has 1 aliphatic heterocycles. The summed E-state index contributed by atoms with van der Waals surface area (Å²) in [4.78, 5) is 24.7. The maximum Gasteiger partial charge on any atom is 0.573 e. The molecule has 0 spiro atoms. The molecule has 0 bridgehead atoms. The fourth-order valence-corrected chi connectivity index (χ4v) is 2.81. The van der Waals surface area contributed by atoms with E-state index in [1.54, 1.807) is 11.8 Å². The summed E-state index contributed by atoms with van der Waals surface area (Å²) >= 11 is 0. The van der Waals surface area contributed by atoms with Crippen molar-refractivity contribution >= 4 is 12.0 Å². The Morgan fingerprint density at radius 2 is 1.78 bits per heavy atom. The number of nitrogens with one attached hydrogen (secondary N) is 1. The number of hydrogen-bond acceptors (Lipinski definition) is 4. The fraction of sp³-hybridized carbons (Fsp3) is 0.529. The third-order valence-electron chi connectivity index (χ3n) is 4.12. The Hall–Kier alpha value is -2.65. The number of halogens is 3. The van der Waals surface area contributed by atoms with Gasteiger partial charge in [0, 0.05) is 25.9 Å². The van der Waals surface area contributed by atoms with Crippen LogP contribution < -0.4 is 14.8 Å². The molecule has 10 heteroatoms. The Balaban J connectivity index is 1.83. The van der Waals surface area contributed by atoms with Crippen LogP contribution in [0.1, 0.15) is 26.2 Å². The van der Waals surface area contributed by atoms with Gasteiger partial charge in [0.1, 0.15) is 23.6 Å². The number of nitrogens with zero attached hydrogens (tertiary/aromatic N) is 1. The van der Waals surface area contributed by atoms with E-state index in [2.05, 4.69) is 10.1 Å². The lowest BCUT2D eigenvalue weighted by Crippen LogP contribution is -2.51. The van der Waals surface area contributed by atoms with E-state index in [1.807, 2.05) is 0 Å². The number of benzene rings is 1. The highest BCUT2D eigenvalue weighted by Crippen LogP contribution is 2.26. The monoisotopic (exact) mass is 390 g/mol. The van der Waals surface area contributed by atoms with Crippen LogP contribution in [0.2, 0.25) is 0 Å². The van der Waals surface area contributed by atoms with Crippen molar-refractivity contribution < 1.29 is 37.3 Å². The highest BCUT2D eigenvalue weighted by molar-refractivity contribution is 5.85. The number of likely N-dealkylation sites (tertiary alicyclic amines) is 1. The predicted molar refractivity (Wildman–Crippen MR) is 88.6 cm³/mol. The maximum atomic E-state index is 12.3. The highest BCUT2D eigenvalue weighted by atomic mass is 19.4. The van der Waals surface area contributed by atoms with Crippen molar-refractivity contribution in [2.75, 3.05) is 13.1 Å². The first kappa shape index (κ1) is 20.7. The molecule has 27 heavy (non-hydrogen) atoms. The van der Waals surface area contributed by atoms with E-state index in [1.165, 1.54) is 24.3 Å². The van der Waals surface area contributed by atoms with E-state index >= 15 is 0 Å². The van der Waals surface area contributed by atoms with Gasteiger partial charge in [-0.25, -0.2) is 4.79 Å². The molecular formula is C17H21F3N2O5. The van der Waals surface area contributed by atoms with E-state index in [0.717, 1.165) is 0 Å². The normalized spacial score (nSPS) is 16.5. The van der Waals surface area contributed by atoms with Gasteiger partial charge in [0.05, 0.1) is 0 Å². The molecule has 1 saturated heterocycles. The first-order valence-electron chi connectivity index (χ1n) is 8.48. The van der Waals surface area contributed by atoms with E-state index in [4.69, 9.17) is 9.84 Å². The van der Waals surface area contributed by atoms with Crippen LogP contribution in [0.3, 0.4) is 0 Å². The van der Waals surface area contributed by atoms with Gasteiger partial charge >= 0.3 is 12.5 Å². The fourth-order valence-electron chi connectivity index (χ4n) is 2.81. The van der Waals surface area contributed by atoms with E-state index in [-0.39, 0.29) is 17.8 Å². The summed E-state index contributed by atoms with van der Waals surface area (Å²) in [5.41, 5.74) is 0. The number of alkyl halides is 3. The molecule has 2 amide bonds. The second-order valence-corrected chi connectivity index (χ2v) is 6.07. The van der Waals surface area contributed by atoms with Crippen molar-refractivity contribution in [3.63, 3.8) is 0 Å². The molecule has 150 valence electrons. The Kier molecular flexibility index (Phi) is 6.75. The smallest absolute Gasteiger partial charge is 0.490 e. The van der Waals surface area contributed by atoms with Gasteiger partial charge in [0.25, 0.3) is 0 Å². The predicted octanol–water partition coefficient (Wildman–Crippen LogP) is 3.00. The summed E-state index contributed by atoms with van der Waals surface area (Å²) < 4.78 is 46.0. The Labute approximate surface area is 154 Å². The lowest BCUT2D eigenvalue weighted by Gasteiger charge is -2.34. The van der Waals surface area contributed by atoms with Crippen LogP contribution in [-0.4, -0.2) is 53.6 Å². The highest BCUT2D eigenvalue weighted by Gasteiger charge is 2.31. The van der Waals surface area contributed by atoms with E-state index in [9.17, 15) is 22.8 Å². The van der Waals surface area contributed by atoms with Crippen LogP contribution in [0.15, 0.2) is 24.3 Å². The molecule has 0 saturated carbocycles. The van der Waals surface area contributed by atoms with Gasteiger partial charge in [-0.15, -0.1) is 13.2 Å². The van der Waals surface area contributed by atoms with E-state index in [0.29, 0.717) is 38.1 Å². The van der Waals surface area contributed by atoms with Gasteiger partial charge in [-0.3, -0.25) is 4.79 Å². The zero-order valence-electron chi connectivity index (χ0n) is 14.7. The van der Waals surface area contributed by atoms with Crippen molar-refractivity contribution in [3.05, 3.63) is 24.3 Å². The number of ether oxygens (including phenoxy) is 2. The molecule has 0 unspecified atom stereocenters. The molecule has 0 aliphatic carbocycles. The average molecular weight is 390 g/mol. The molecule has 1 aliphatic rings. The molecule has 7 nitrogen and oxygen atoms in total. The first-order valence-corrected chi connectivity index (χ1v) is 8.48. The average Bonchev–Trinajstić information content (AvgIpc) is 2.60. The van der Waals surface area contributed by atoms with Crippen molar-refractivity contribution in [2.45, 2.75) is 44.7 Å². The minimum Gasteiger partial charge on any atom is -0.490 e. The SMILES string of the molecule is CC[C@H](NC(=O)O)C(=O)N1CCC(Oc2ccc(OC(F)(F)F)cc2)CC1. The quantitative estimate of drug-likeness (QED) is 0.780. The van der Waals surface area contributed by atoms with Crippen molar-refractivity contribution in [1.29, 1.82) is 0 Å². The molecule has 0 radical (unpaired) electrons. The largest absolute Gasteiger partial charge is 0.573 e. The number of amides is 2. The second-order valence-electron chi connectivity index (χ2n) is 6.07. The van der Waals surface area contributed by atoms with Gasteiger partial charge in [-0.05, 0) is 30.7 Å². The van der Waals surface area contributed by atoms with Gasteiger partial charge in [-0.1, -0.05) is 6.92 Å². The van der Waals surface area contributed by atoms with Gasteiger partial charge in [-0.2, -0.15) is 0 Å². The third-order valence-corrected chi connectivity index (χ3v) is 4.12. The summed E-state index contributed by atoms with van der Waals surface area (Å²) in [7, 11) is 0. The number of carbonyl (C=O) groups excluding carboxylic acids is 1. The molecular weight excluding hydrogens is 369 g/mol. The number of piperidine rings is 1. The van der Waals surface area contributed by atoms with Gasteiger partial charge in [0.15, 0.2) is 0 Å². The molecule has 2 N–H and O–H groups in total. The van der Waals surface area contributed by atoms with Crippen molar-refractivity contribution in [3.8, 4) is 11.5 Å². The molecule has 2 rings (SSSR count). The van der Waals surface area contributed by atoms with Crippen LogP contribution in [0.5, 0.6) is 11.5 Å². The maximum absolute atomic E-state index is 12.3. The first-order chi connectivity index (χ1) is 12.7. The molecule has 1 aromatic rings. The van der Waals surface area contributed by atoms with Gasteiger partial charge < -0.3 is 24.8 Å². The van der Waals surface area contributed by atoms with Crippen LogP contribution in [-0.2, 0) is 4.79 Å². The summed E-state index contributed by atoms with van der Waals surface area (Å²) in [6.45, 7) is 2.55. The molecule has 1 atom stereocenters. The number of carboxylic acid groups (broad SMARTS) is 1. The van der Waals surface area contributed by atoms with Crippen LogP contribution in [0.25, 0.3) is 0 Å². The van der Waals surface area contributed by atoms with Crippen LogP contribution in [0.4, 0.5) is 18.0 Å². The van der Waals surface area contributed by atoms with Crippen LogP contribution in [0, 0.1) is 0 Å². The Bertz CT molecular complexity index is 643. The van der Waals surface area contributed by atoms with E-state index < -0.39 is 18.5 Å². The molecule has 1 fully saturated rings. The summed E-state index contributed by atoms with van der Waals surface area (Å²) in [6, 6.07) is 4.35. The zero-order valence-corrected chi connectivity index (χ0v) is 14.7. The Morgan fingerprint density at radius 3 is 2.26 bits per heavy atom. The Morgan fingerprint density at radius 1 is 1.22 bits per heavy atom. The lowest BCUT2D eigenvalue weighted by molar-refractivity contribution is -0.274. The minimum absolute atomic E-state index is 0.184. The molecule has 1 heterocycles. The molecule has 0 aromatic heterocycles.